The molecule has 1 N–H and O–H groups in total. The van der Waals surface area contributed by atoms with Crippen molar-refractivity contribution in [2.24, 2.45) is 0 Å². The van der Waals surface area contributed by atoms with Crippen LogP contribution in [0.4, 0.5) is 0 Å². The number of rotatable bonds is 10. The Kier molecular flexibility index (Phi) is 11.1. The summed E-state index contributed by atoms with van der Waals surface area (Å²) in [6, 6.07) is 0. The minimum atomic E-state index is -4.24. The quantitative estimate of drug-likeness (QED) is 0.266. The molecule has 158 valence electrons. The fourth-order valence-electron chi connectivity index (χ4n) is 2.40. The van der Waals surface area contributed by atoms with Crippen molar-refractivity contribution in [1.82, 2.24) is 4.67 Å². The van der Waals surface area contributed by atoms with E-state index in [1.54, 1.807) is 0 Å². The lowest BCUT2D eigenvalue weighted by molar-refractivity contribution is -0.212. The van der Waals surface area contributed by atoms with Crippen LogP contribution in [0.1, 0.15) is 20.3 Å². The topological polar surface area (TPSA) is 112 Å². The van der Waals surface area contributed by atoms with Crippen LogP contribution in [0.15, 0.2) is 0 Å². The van der Waals surface area contributed by atoms with Crippen molar-refractivity contribution in [1.29, 1.82) is 0 Å². The van der Waals surface area contributed by atoms with Gasteiger partial charge in [0, 0.05) is 45.1 Å². The summed E-state index contributed by atoms with van der Waals surface area (Å²) in [6.45, 7) is 2.45. The van der Waals surface area contributed by atoms with Crippen molar-refractivity contribution in [3.63, 3.8) is 0 Å². The van der Waals surface area contributed by atoms with E-state index in [9.17, 15) is 19.0 Å². The van der Waals surface area contributed by atoms with E-state index in [1.807, 2.05) is 0 Å². The van der Waals surface area contributed by atoms with E-state index in [0.29, 0.717) is 0 Å². The van der Waals surface area contributed by atoms with Crippen molar-refractivity contribution < 1.29 is 37.8 Å². The number of ether oxygens (including phenoxy) is 3. The van der Waals surface area contributed by atoms with Gasteiger partial charge >= 0.3 is 19.7 Å². The predicted octanol–water partition coefficient (Wildman–Crippen LogP) is 2.26. The summed E-state index contributed by atoms with van der Waals surface area (Å²) < 4.78 is 34.8. The lowest BCUT2D eigenvalue weighted by atomic mass is 10.0. The van der Waals surface area contributed by atoms with E-state index in [0.717, 1.165) is 4.67 Å². The van der Waals surface area contributed by atoms with Crippen LogP contribution >= 0.6 is 46.9 Å². The van der Waals surface area contributed by atoms with Gasteiger partial charge in [0.2, 0.25) is 0 Å². The van der Waals surface area contributed by atoms with Crippen molar-refractivity contribution in [3.8, 4) is 0 Å². The van der Waals surface area contributed by atoms with Crippen LogP contribution in [0, 0.1) is 0 Å². The van der Waals surface area contributed by atoms with Crippen LogP contribution in [0.3, 0.4) is 0 Å². The van der Waals surface area contributed by atoms with Gasteiger partial charge < -0.3 is 19.1 Å². The number of hydrogen-bond donors (Lipinski definition) is 1. The highest BCUT2D eigenvalue weighted by molar-refractivity contribution is 9.09. The molecule has 1 aliphatic rings. The Balaban J connectivity index is 2.88. The number of carbonyl (C=O) groups is 2. The fraction of sp³-hybridized carbons (Fsp3) is 0.857. The van der Waals surface area contributed by atoms with Crippen molar-refractivity contribution in [2.75, 3.05) is 31.5 Å². The third-order valence-electron chi connectivity index (χ3n) is 3.52. The molecule has 1 rings (SSSR count). The van der Waals surface area contributed by atoms with Crippen molar-refractivity contribution in [2.45, 2.75) is 43.6 Å². The van der Waals surface area contributed by atoms with E-state index in [4.69, 9.17) is 41.9 Å². The molecule has 0 saturated carbocycles. The normalized spacial score (nSPS) is 27.8. The first-order valence-electron chi connectivity index (χ1n) is 8.09. The van der Waals surface area contributed by atoms with Gasteiger partial charge in [-0.25, -0.2) is 9.24 Å². The smallest absolute Gasteiger partial charge is 0.407 e. The maximum Gasteiger partial charge on any atom is 0.407 e. The van der Waals surface area contributed by atoms with Crippen LogP contribution < -0.4 is 0 Å². The molecule has 0 amide bonds. The number of esters is 2. The number of alkyl halides is 3. The summed E-state index contributed by atoms with van der Waals surface area (Å²) in [4.78, 5) is 32.2. The zero-order valence-corrected chi connectivity index (χ0v) is 18.9. The van der Waals surface area contributed by atoms with E-state index in [2.05, 4.69) is 15.9 Å². The molecule has 9 nitrogen and oxygen atoms in total. The Morgan fingerprint density at radius 2 is 1.85 bits per heavy atom. The summed E-state index contributed by atoms with van der Waals surface area (Å²) in [5.74, 6) is -0.858. The van der Waals surface area contributed by atoms with Gasteiger partial charge in [0.1, 0.15) is 18.8 Å². The summed E-state index contributed by atoms with van der Waals surface area (Å²) in [5, 5.41) is 0. The maximum absolute atomic E-state index is 12.6. The molecule has 0 radical (unpaired) electrons. The number of halogens is 3. The molecular weight excluding hydrogens is 492 g/mol. The first kappa shape index (κ1) is 25.1. The van der Waals surface area contributed by atoms with Gasteiger partial charge in [-0.1, -0.05) is 15.9 Å². The molecule has 0 aromatic heterocycles. The molecule has 27 heavy (non-hydrogen) atoms. The molecule has 1 aliphatic heterocycles. The summed E-state index contributed by atoms with van der Waals surface area (Å²) >= 11 is 14.7. The first-order valence-corrected chi connectivity index (χ1v) is 11.6. The second-order valence-corrected chi connectivity index (χ2v) is 9.35. The van der Waals surface area contributed by atoms with Crippen molar-refractivity contribution >= 4 is 58.8 Å². The second kappa shape index (κ2) is 11.9. The molecule has 1 unspecified atom stereocenters. The highest BCUT2D eigenvalue weighted by Gasteiger charge is 2.44. The minimum absolute atomic E-state index is 0.0967. The average Bonchev–Trinajstić information content (AvgIpc) is 2.54. The lowest BCUT2D eigenvalue weighted by Crippen LogP contribution is -2.51. The van der Waals surface area contributed by atoms with Gasteiger partial charge in [-0.15, -0.1) is 23.2 Å². The van der Waals surface area contributed by atoms with E-state index < -0.39 is 43.0 Å². The van der Waals surface area contributed by atoms with E-state index in [-0.39, 0.29) is 37.9 Å². The van der Waals surface area contributed by atoms with Crippen LogP contribution in [-0.4, -0.2) is 76.3 Å². The third-order valence-corrected chi connectivity index (χ3v) is 6.38. The SMILES string of the molecule is CC(=O)OC[C@H]1O[C@H](OP(=O)(O)N(CCCl)CCCl)C[C@@H](Br)[C@@H]1OC(C)=O. The van der Waals surface area contributed by atoms with Gasteiger partial charge in [0.25, 0.3) is 0 Å². The van der Waals surface area contributed by atoms with Gasteiger partial charge in [-0.2, -0.15) is 0 Å². The van der Waals surface area contributed by atoms with E-state index >= 15 is 0 Å². The van der Waals surface area contributed by atoms with E-state index in [1.165, 1.54) is 13.8 Å². The second-order valence-electron chi connectivity index (χ2n) is 5.66. The molecule has 0 aliphatic carbocycles. The molecule has 1 heterocycles. The number of carbonyl (C=O) groups excluding carboxylic acids is 2. The summed E-state index contributed by atoms with van der Waals surface area (Å²) in [6.07, 6.45) is -2.63. The Morgan fingerprint density at radius 1 is 1.26 bits per heavy atom. The van der Waals surface area contributed by atoms with Gasteiger partial charge in [0.15, 0.2) is 6.29 Å². The lowest BCUT2D eigenvalue weighted by Gasteiger charge is -2.39. The van der Waals surface area contributed by atoms with Gasteiger partial charge in [-0.3, -0.25) is 14.1 Å². The minimum Gasteiger partial charge on any atom is -0.463 e. The Morgan fingerprint density at radius 3 is 2.33 bits per heavy atom. The third kappa shape index (κ3) is 8.53. The molecule has 5 atom stereocenters. The molecule has 1 saturated heterocycles. The van der Waals surface area contributed by atoms with Crippen LogP contribution in [-0.2, 0) is 32.9 Å². The zero-order chi connectivity index (χ0) is 20.6. The number of hydrogen-bond acceptors (Lipinski definition) is 7. The maximum atomic E-state index is 12.6. The van der Waals surface area contributed by atoms with Crippen LogP contribution in [0.5, 0.6) is 0 Å². The molecule has 1 fully saturated rings. The summed E-state index contributed by atoms with van der Waals surface area (Å²) in [5.41, 5.74) is 0. The molecule has 0 aromatic rings. The standard InChI is InChI=1S/C14H23BrCl2NO8P/c1-9(19)23-8-12-14(24-10(2)20)11(15)7-13(25-12)26-27(21,22)18(5-3-16)6-4-17/h11-14H,3-8H2,1-2H3,(H,21,22)/t11-,12-,13-,14+/m1/s1. The predicted molar refractivity (Wildman–Crippen MR) is 102 cm³/mol. The fourth-order valence-corrected chi connectivity index (χ4v) is 5.08. The molecule has 0 spiro atoms. The van der Waals surface area contributed by atoms with Crippen LogP contribution in [0.25, 0.3) is 0 Å². The molecule has 13 heteroatoms. The molecule has 0 bridgehead atoms. The summed E-state index contributed by atoms with van der Waals surface area (Å²) in [7, 11) is -4.24. The monoisotopic (exact) mass is 513 g/mol. The van der Waals surface area contributed by atoms with Crippen LogP contribution in [0.2, 0.25) is 0 Å². The van der Waals surface area contributed by atoms with Crippen molar-refractivity contribution in [3.05, 3.63) is 0 Å². The molecular formula is C14H23BrCl2NO8P. The Labute approximate surface area is 176 Å². The Hall–Kier alpha value is 0.0700. The largest absolute Gasteiger partial charge is 0.463 e. The average molecular weight is 515 g/mol. The Bertz CT molecular complexity index is 551. The van der Waals surface area contributed by atoms with Gasteiger partial charge in [0.05, 0.1) is 4.83 Å². The highest BCUT2D eigenvalue weighted by Crippen LogP contribution is 2.49. The molecule has 0 aromatic carbocycles. The zero-order valence-electron chi connectivity index (χ0n) is 14.9. The first-order chi connectivity index (χ1) is 12.6. The van der Waals surface area contributed by atoms with Gasteiger partial charge in [-0.05, 0) is 0 Å². The highest BCUT2D eigenvalue weighted by atomic mass is 79.9. The number of nitrogens with zero attached hydrogens (tertiary/aromatic N) is 1.